The van der Waals surface area contributed by atoms with Crippen LogP contribution in [0.4, 0.5) is 5.69 Å². The van der Waals surface area contributed by atoms with E-state index in [1.54, 1.807) is 25.1 Å². The molecule has 1 aromatic heterocycles. The lowest BCUT2D eigenvalue weighted by molar-refractivity contribution is -0.110. The molecule has 0 unspecified atom stereocenters. The lowest BCUT2D eigenvalue weighted by Crippen LogP contribution is -2.03. The lowest BCUT2D eigenvalue weighted by Gasteiger charge is -2.09. The van der Waals surface area contributed by atoms with Crippen LogP contribution in [0.15, 0.2) is 48.7 Å². The number of nitrogens with one attached hydrogen (secondary N) is 2. The van der Waals surface area contributed by atoms with Crippen molar-refractivity contribution in [2.24, 2.45) is 0 Å². The van der Waals surface area contributed by atoms with Crippen LogP contribution >= 0.6 is 11.6 Å². The molecule has 0 spiro atoms. The molecule has 4 rings (SSSR count). The average molecular weight is 379 g/mol. The van der Waals surface area contributed by atoms with Crippen molar-refractivity contribution in [3.8, 4) is 11.1 Å². The summed E-state index contributed by atoms with van der Waals surface area (Å²) >= 11 is 5.99. The highest BCUT2D eigenvalue weighted by Crippen LogP contribution is 2.40. The number of anilines is 1. The molecular formula is C21H15ClN2O3. The van der Waals surface area contributed by atoms with Gasteiger partial charge in [-0.2, -0.15) is 0 Å². The van der Waals surface area contributed by atoms with Crippen molar-refractivity contribution in [1.82, 2.24) is 4.98 Å². The van der Waals surface area contributed by atoms with Gasteiger partial charge in [0.15, 0.2) is 0 Å². The van der Waals surface area contributed by atoms with Crippen LogP contribution in [-0.2, 0) is 4.79 Å². The second-order valence-corrected chi connectivity index (χ2v) is 6.73. The first kappa shape index (κ1) is 17.1. The fraction of sp³-hybridized carbons (Fsp3) is 0.0476. The highest BCUT2D eigenvalue weighted by atomic mass is 35.5. The highest BCUT2D eigenvalue weighted by Gasteiger charge is 2.28. The van der Waals surface area contributed by atoms with Gasteiger partial charge in [-0.1, -0.05) is 35.9 Å². The topological polar surface area (TPSA) is 82.2 Å². The number of amides is 1. The summed E-state index contributed by atoms with van der Waals surface area (Å²) in [5.41, 5.74) is 5.20. The lowest BCUT2D eigenvalue weighted by atomic mass is 9.94. The van der Waals surface area contributed by atoms with Gasteiger partial charge in [0.2, 0.25) is 0 Å². The molecule has 0 radical (unpaired) electrons. The maximum atomic E-state index is 12.6. The van der Waals surface area contributed by atoms with E-state index in [-0.39, 0.29) is 11.5 Å². The summed E-state index contributed by atoms with van der Waals surface area (Å²) in [5, 5.41) is 12.7. The van der Waals surface area contributed by atoms with Crippen LogP contribution in [0.1, 0.15) is 27.2 Å². The maximum absolute atomic E-state index is 12.6. The van der Waals surface area contributed by atoms with E-state index < -0.39 is 5.97 Å². The van der Waals surface area contributed by atoms with Crippen LogP contribution in [0.25, 0.3) is 22.8 Å². The summed E-state index contributed by atoms with van der Waals surface area (Å²) in [6.07, 6.45) is 3.13. The third-order valence-corrected chi connectivity index (χ3v) is 4.93. The molecule has 0 saturated heterocycles. The molecule has 0 atom stereocenters. The summed E-state index contributed by atoms with van der Waals surface area (Å²) in [4.78, 5) is 26.8. The maximum Gasteiger partial charge on any atom is 0.337 e. The summed E-state index contributed by atoms with van der Waals surface area (Å²) in [5.74, 6) is -1.23. The Hall–Kier alpha value is -3.31. The van der Waals surface area contributed by atoms with E-state index in [0.717, 1.165) is 22.4 Å². The predicted octanol–water partition coefficient (Wildman–Crippen LogP) is 4.83. The van der Waals surface area contributed by atoms with Crippen molar-refractivity contribution in [3.05, 3.63) is 76.1 Å². The Morgan fingerprint density at radius 2 is 1.89 bits per heavy atom. The molecule has 134 valence electrons. The van der Waals surface area contributed by atoms with Gasteiger partial charge >= 0.3 is 5.97 Å². The Morgan fingerprint density at radius 1 is 1.15 bits per heavy atom. The van der Waals surface area contributed by atoms with Gasteiger partial charge < -0.3 is 15.4 Å². The van der Waals surface area contributed by atoms with E-state index in [1.165, 1.54) is 6.20 Å². The number of halogens is 1. The van der Waals surface area contributed by atoms with E-state index in [1.807, 2.05) is 30.3 Å². The molecule has 0 saturated carbocycles. The number of aromatic amines is 1. The third kappa shape index (κ3) is 2.92. The second-order valence-electron chi connectivity index (χ2n) is 6.29. The van der Waals surface area contributed by atoms with Crippen LogP contribution in [0.2, 0.25) is 5.02 Å². The summed E-state index contributed by atoms with van der Waals surface area (Å²) in [6.45, 7) is 1.71. The Labute approximate surface area is 160 Å². The van der Waals surface area contributed by atoms with Crippen molar-refractivity contribution in [2.75, 3.05) is 5.32 Å². The number of hydrogen-bond acceptors (Lipinski definition) is 2. The number of carboxylic acids is 1. The minimum Gasteiger partial charge on any atom is -0.478 e. The van der Waals surface area contributed by atoms with Crippen molar-refractivity contribution in [3.63, 3.8) is 0 Å². The first-order chi connectivity index (χ1) is 13.0. The molecule has 2 heterocycles. The fourth-order valence-corrected chi connectivity index (χ4v) is 3.41. The standard InChI is InChI=1S/C21H15ClN2O3/c1-11-16(21(26)27)10-23-18(11)9-15-19-14(12-5-7-13(22)8-6-12)3-2-4-17(19)24-20(15)25/h2-10,23H,1H3,(H,24,25)(H,26,27). The predicted molar refractivity (Wildman–Crippen MR) is 106 cm³/mol. The van der Waals surface area contributed by atoms with Crippen LogP contribution in [0.3, 0.4) is 0 Å². The van der Waals surface area contributed by atoms with E-state index >= 15 is 0 Å². The van der Waals surface area contributed by atoms with Gasteiger partial charge in [-0.15, -0.1) is 0 Å². The smallest absolute Gasteiger partial charge is 0.337 e. The van der Waals surface area contributed by atoms with E-state index in [9.17, 15) is 14.7 Å². The third-order valence-electron chi connectivity index (χ3n) is 4.68. The number of rotatable bonds is 3. The van der Waals surface area contributed by atoms with Crippen molar-refractivity contribution in [1.29, 1.82) is 0 Å². The zero-order valence-electron chi connectivity index (χ0n) is 14.3. The Balaban J connectivity index is 1.88. The number of aromatic nitrogens is 1. The van der Waals surface area contributed by atoms with E-state index in [0.29, 0.717) is 21.9 Å². The summed E-state index contributed by atoms with van der Waals surface area (Å²) in [7, 11) is 0. The molecule has 0 bridgehead atoms. The molecule has 27 heavy (non-hydrogen) atoms. The molecule has 1 aliphatic heterocycles. The van der Waals surface area contributed by atoms with Crippen molar-refractivity contribution < 1.29 is 14.7 Å². The van der Waals surface area contributed by atoms with Crippen molar-refractivity contribution >= 4 is 40.8 Å². The van der Waals surface area contributed by atoms with Gasteiger partial charge in [0.1, 0.15) is 0 Å². The quantitative estimate of drug-likeness (QED) is 0.570. The second kappa shape index (κ2) is 6.45. The van der Waals surface area contributed by atoms with E-state index in [2.05, 4.69) is 10.3 Å². The molecule has 3 aromatic rings. The molecule has 0 fully saturated rings. The monoisotopic (exact) mass is 378 g/mol. The van der Waals surface area contributed by atoms with Gasteiger partial charge in [0.05, 0.1) is 11.1 Å². The van der Waals surface area contributed by atoms with Gasteiger partial charge in [-0.3, -0.25) is 4.79 Å². The Bertz CT molecular complexity index is 1110. The molecular weight excluding hydrogens is 364 g/mol. The molecule has 1 amide bonds. The largest absolute Gasteiger partial charge is 0.478 e. The molecule has 2 aromatic carbocycles. The number of fused-ring (bicyclic) bond motifs is 1. The first-order valence-electron chi connectivity index (χ1n) is 8.29. The minimum absolute atomic E-state index is 0.187. The molecule has 5 nitrogen and oxygen atoms in total. The number of carbonyl (C=O) groups is 2. The summed E-state index contributed by atoms with van der Waals surface area (Å²) < 4.78 is 0. The fourth-order valence-electron chi connectivity index (χ4n) is 3.29. The highest BCUT2D eigenvalue weighted by molar-refractivity contribution is 6.36. The SMILES string of the molecule is Cc1c(C(=O)O)c[nH]c1C=C1C(=O)Nc2cccc(-c3ccc(Cl)cc3)c21. The zero-order valence-corrected chi connectivity index (χ0v) is 15.1. The normalized spacial score (nSPS) is 14.3. The van der Waals surface area contributed by atoms with Gasteiger partial charge in [0.25, 0.3) is 5.91 Å². The van der Waals surface area contributed by atoms with Gasteiger partial charge in [-0.05, 0) is 47.9 Å². The number of aromatic carboxylic acids is 1. The number of benzene rings is 2. The first-order valence-corrected chi connectivity index (χ1v) is 8.67. The minimum atomic E-state index is -1.01. The zero-order chi connectivity index (χ0) is 19.1. The number of H-pyrrole nitrogens is 1. The molecule has 3 N–H and O–H groups in total. The van der Waals surface area contributed by atoms with Crippen LogP contribution < -0.4 is 5.32 Å². The van der Waals surface area contributed by atoms with Crippen LogP contribution in [0, 0.1) is 6.92 Å². The number of carboxylic acid groups (broad SMARTS) is 1. The van der Waals surface area contributed by atoms with E-state index in [4.69, 9.17) is 11.6 Å². The molecule has 6 heteroatoms. The van der Waals surface area contributed by atoms with Crippen LogP contribution in [0.5, 0.6) is 0 Å². The molecule has 0 aliphatic carbocycles. The van der Waals surface area contributed by atoms with Crippen LogP contribution in [-0.4, -0.2) is 22.0 Å². The summed E-state index contributed by atoms with van der Waals surface area (Å²) in [6, 6.07) is 13.1. The number of hydrogen-bond donors (Lipinski definition) is 3. The van der Waals surface area contributed by atoms with Crippen molar-refractivity contribution in [2.45, 2.75) is 6.92 Å². The number of carbonyl (C=O) groups excluding carboxylic acids is 1. The van der Waals surface area contributed by atoms with Gasteiger partial charge in [-0.25, -0.2) is 4.79 Å². The Morgan fingerprint density at radius 3 is 2.56 bits per heavy atom. The average Bonchev–Trinajstić information content (AvgIpc) is 3.16. The molecule has 1 aliphatic rings. The Kier molecular flexibility index (Phi) is 4.09. The van der Waals surface area contributed by atoms with Gasteiger partial charge in [0, 0.05) is 28.2 Å².